The minimum atomic E-state index is 0.269. The summed E-state index contributed by atoms with van der Waals surface area (Å²) in [6.07, 6.45) is 0. The van der Waals surface area contributed by atoms with Gasteiger partial charge in [0.05, 0.1) is 6.04 Å². The third-order valence-corrected chi connectivity index (χ3v) is 4.59. The normalized spacial score (nSPS) is 12.5. The number of hydrogen-bond acceptors (Lipinski definition) is 3. The van der Waals surface area contributed by atoms with Crippen molar-refractivity contribution in [1.82, 2.24) is 4.98 Å². The molecule has 1 aromatic heterocycles. The van der Waals surface area contributed by atoms with Crippen LogP contribution in [0.5, 0.6) is 0 Å². The molecule has 2 aromatic rings. The molecular weight excluding hydrogens is 320 g/mol. The topological polar surface area (TPSA) is 16.1 Å². The van der Waals surface area contributed by atoms with Gasteiger partial charge >= 0.3 is 0 Å². The number of nitrogens with zero attached hydrogens (tertiary/aromatic N) is 2. The van der Waals surface area contributed by atoms with E-state index in [1.807, 2.05) is 36.7 Å². The van der Waals surface area contributed by atoms with Crippen molar-refractivity contribution in [2.24, 2.45) is 0 Å². The van der Waals surface area contributed by atoms with Crippen LogP contribution in [0, 0.1) is 0 Å². The Hall–Kier alpha value is -0.580. The fraction of sp³-hybridized carbons (Fsp3) is 0.250. The van der Waals surface area contributed by atoms with E-state index in [0.29, 0.717) is 0 Å². The largest absolute Gasteiger partial charge is 0.344 e. The first-order valence-corrected chi connectivity index (χ1v) is 7.22. The molecule has 0 N–H and O–H groups in total. The van der Waals surface area contributed by atoms with E-state index in [1.54, 1.807) is 11.3 Å². The van der Waals surface area contributed by atoms with Crippen molar-refractivity contribution in [2.45, 2.75) is 13.0 Å². The molecule has 1 atom stereocenters. The molecule has 0 aliphatic rings. The van der Waals surface area contributed by atoms with Crippen LogP contribution in [-0.2, 0) is 0 Å². The predicted molar refractivity (Wildman–Crippen MR) is 78.1 cm³/mol. The summed E-state index contributed by atoms with van der Waals surface area (Å²) in [5, 5.41) is 3.75. The molecule has 0 amide bonds. The lowest BCUT2D eigenvalue weighted by Crippen LogP contribution is -2.21. The van der Waals surface area contributed by atoms with Gasteiger partial charge in [-0.25, -0.2) is 4.98 Å². The summed E-state index contributed by atoms with van der Waals surface area (Å²) < 4.78 is 0.882. The number of benzene rings is 1. The van der Waals surface area contributed by atoms with Gasteiger partial charge in [-0.1, -0.05) is 23.7 Å². The first-order valence-electron chi connectivity index (χ1n) is 5.17. The average molecular weight is 332 g/mol. The maximum absolute atomic E-state index is 5.89. The summed E-state index contributed by atoms with van der Waals surface area (Å²) in [6, 6.07) is 8.20. The third kappa shape index (κ3) is 3.00. The van der Waals surface area contributed by atoms with Crippen molar-refractivity contribution in [1.29, 1.82) is 0 Å². The van der Waals surface area contributed by atoms with Gasteiger partial charge in [0, 0.05) is 17.5 Å². The van der Waals surface area contributed by atoms with Crippen LogP contribution in [0.2, 0.25) is 5.02 Å². The Morgan fingerprint density at radius 1 is 1.35 bits per heavy atom. The van der Waals surface area contributed by atoms with Gasteiger partial charge in [-0.2, -0.15) is 0 Å². The van der Waals surface area contributed by atoms with Gasteiger partial charge in [0.2, 0.25) is 0 Å². The summed E-state index contributed by atoms with van der Waals surface area (Å²) in [5.41, 5.74) is 1.23. The minimum Gasteiger partial charge on any atom is -0.344 e. The quantitative estimate of drug-likeness (QED) is 0.806. The summed E-state index contributed by atoms with van der Waals surface area (Å²) in [7, 11) is 2.05. The van der Waals surface area contributed by atoms with Crippen molar-refractivity contribution in [2.75, 3.05) is 11.9 Å². The predicted octanol–water partition coefficient (Wildman–Crippen LogP) is 4.76. The second-order valence-corrected chi connectivity index (χ2v) is 5.88. The van der Waals surface area contributed by atoms with Crippen molar-refractivity contribution >= 4 is 44.0 Å². The summed E-state index contributed by atoms with van der Waals surface area (Å²) in [5.74, 6) is 0. The highest BCUT2D eigenvalue weighted by atomic mass is 79.9. The Bertz CT molecular complexity index is 497. The number of anilines is 1. The van der Waals surface area contributed by atoms with Crippen LogP contribution in [0.1, 0.15) is 18.5 Å². The van der Waals surface area contributed by atoms with E-state index in [-0.39, 0.29) is 6.04 Å². The van der Waals surface area contributed by atoms with Crippen molar-refractivity contribution in [3.63, 3.8) is 0 Å². The van der Waals surface area contributed by atoms with Crippen molar-refractivity contribution < 1.29 is 0 Å². The summed E-state index contributed by atoms with van der Waals surface area (Å²) in [4.78, 5) is 6.56. The molecule has 1 unspecified atom stereocenters. The van der Waals surface area contributed by atoms with Gasteiger partial charge in [0.25, 0.3) is 0 Å². The van der Waals surface area contributed by atoms with E-state index in [4.69, 9.17) is 11.6 Å². The van der Waals surface area contributed by atoms with Crippen LogP contribution in [0.4, 0.5) is 5.13 Å². The maximum Gasteiger partial charge on any atom is 0.186 e. The number of hydrogen-bond donors (Lipinski definition) is 0. The van der Waals surface area contributed by atoms with Crippen LogP contribution in [0.15, 0.2) is 34.2 Å². The van der Waals surface area contributed by atoms with E-state index in [1.165, 1.54) is 5.56 Å². The van der Waals surface area contributed by atoms with Gasteiger partial charge in [-0.3, -0.25) is 0 Å². The highest BCUT2D eigenvalue weighted by Gasteiger charge is 2.14. The highest BCUT2D eigenvalue weighted by molar-refractivity contribution is 9.10. The molecule has 0 bridgehead atoms. The van der Waals surface area contributed by atoms with Gasteiger partial charge in [-0.05, 0) is 40.5 Å². The maximum atomic E-state index is 5.89. The first-order chi connectivity index (χ1) is 8.08. The van der Waals surface area contributed by atoms with E-state index >= 15 is 0 Å². The molecule has 0 spiro atoms. The molecule has 0 fully saturated rings. The molecule has 1 aromatic carbocycles. The molecular formula is C12H12BrClN2S. The molecule has 0 aliphatic heterocycles. The Kier molecular flexibility index (Phi) is 4.07. The molecule has 5 heteroatoms. The lowest BCUT2D eigenvalue weighted by atomic mass is 10.1. The number of halogens is 2. The molecule has 0 saturated heterocycles. The van der Waals surface area contributed by atoms with Crippen LogP contribution in [-0.4, -0.2) is 12.0 Å². The highest BCUT2D eigenvalue weighted by Crippen LogP contribution is 2.29. The van der Waals surface area contributed by atoms with Gasteiger partial charge in [0.15, 0.2) is 5.13 Å². The molecule has 0 saturated carbocycles. The van der Waals surface area contributed by atoms with Crippen molar-refractivity contribution in [3.05, 3.63) is 44.8 Å². The van der Waals surface area contributed by atoms with E-state index < -0.39 is 0 Å². The Labute approximate surface area is 118 Å². The zero-order chi connectivity index (χ0) is 12.4. The number of aromatic nitrogens is 1. The molecule has 90 valence electrons. The summed E-state index contributed by atoms with van der Waals surface area (Å²) >= 11 is 10.9. The molecule has 0 radical (unpaired) electrons. The van der Waals surface area contributed by atoms with E-state index in [2.05, 4.69) is 32.7 Å². The molecule has 1 heterocycles. The van der Waals surface area contributed by atoms with Crippen LogP contribution >= 0.6 is 38.9 Å². The summed E-state index contributed by atoms with van der Waals surface area (Å²) in [6.45, 7) is 2.15. The average Bonchev–Trinajstić information content (AvgIpc) is 2.75. The second-order valence-electron chi connectivity index (χ2n) is 3.79. The second kappa shape index (κ2) is 5.38. The van der Waals surface area contributed by atoms with E-state index in [0.717, 1.165) is 14.8 Å². The lowest BCUT2D eigenvalue weighted by molar-refractivity contribution is 0.736. The first kappa shape index (κ1) is 12.9. The molecule has 2 rings (SSSR count). The number of thiazole rings is 1. The van der Waals surface area contributed by atoms with Gasteiger partial charge in [0.1, 0.15) is 4.60 Å². The lowest BCUT2D eigenvalue weighted by Gasteiger charge is -2.24. The monoisotopic (exact) mass is 330 g/mol. The van der Waals surface area contributed by atoms with Crippen LogP contribution in [0.3, 0.4) is 0 Å². The SMILES string of the molecule is CC(c1ccc(Cl)cc1)N(C)c1nc(Br)cs1. The van der Waals surface area contributed by atoms with Crippen molar-refractivity contribution in [3.8, 4) is 0 Å². The Balaban J connectivity index is 2.19. The van der Waals surface area contributed by atoms with Gasteiger partial charge in [-0.15, -0.1) is 11.3 Å². The zero-order valence-corrected chi connectivity index (χ0v) is 12.7. The standard InChI is InChI=1S/C12H12BrClN2S/c1-8(9-3-5-10(14)6-4-9)16(2)12-15-11(13)7-17-12/h3-8H,1-2H3. The molecule has 17 heavy (non-hydrogen) atoms. The third-order valence-electron chi connectivity index (χ3n) is 2.70. The fourth-order valence-corrected chi connectivity index (χ4v) is 2.96. The van der Waals surface area contributed by atoms with E-state index in [9.17, 15) is 0 Å². The van der Waals surface area contributed by atoms with Gasteiger partial charge < -0.3 is 4.90 Å². The fourth-order valence-electron chi connectivity index (χ4n) is 1.54. The Morgan fingerprint density at radius 2 is 2.00 bits per heavy atom. The van der Waals surface area contributed by atoms with Crippen LogP contribution < -0.4 is 4.90 Å². The smallest absolute Gasteiger partial charge is 0.186 e. The molecule has 0 aliphatic carbocycles. The Morgan fingerprint density at radius 3 is 2.53 bits per heavy atom. The molecule has 2 nitrogen and oxygen atoms in total. The van der Waals surface area contributed by atoms with Crippen LogP contribution in [0.25, 0.3) is 0 Å². The zero-order valence-electron chi connectivity index (χ0n) is 9.52. The minimum absolute atomic E-state index is 0.269. The number of rotatable bonds is 3.